The number of rotatable bonds is 6. The van der Waals surface area contributed by atoms with Crippen LogP contribution in [0.15, 0.2) is 0 Å². The van der Waals surface area contributed by atoms with Gasteiger partial charge in [0.05, 0.1) is 20.0 Å². The molecule has 0 aromatic rings. The third kappa shape index (κ3) is 6.66. The number of piperidine rings is 2. The number of hydroxylamine groups is 2. The van der Waals surface area contributed by atoms with Crippen molar-refractivity contribution < 1.29 is 23.9 Å². The zero-order valence-corrected chi connectivity index (χ0v) is 20.4. The highest BCUT2D eigenvalue weighted by molar-refractivity contribution is 5.77. The van der Waals surface area contributed by atoms with Crippen LogP contribution in [0.1, 0.15) is 93.9 Å². The first kappa shape index (κ1) is 25.1. The van der Waals surface area contributed by atoms with E-state index in [0.717, 1.165) is 12.8 Å². The fraction of sp³-hybridized carbons (Fsp3) is 0.913. The fourth-order valence-electron chi connectivity index (χ4n) is 5.75. The van der Waals surface area contributed by atoms with E-state index < -0.39 is 0 Å². The van der Waals surface area contributed by atoms with Crippen molar-refractivity contribution in [1.29, 1.82) is 0 Å². The summed E-state index contributed by atoms with van der Waals surface area (Å²) in [4.78, 5) is 30.3. The van der Waals surface area contributed by atoms with Crippen LogP contribution in [0.3, 0.4) is 0 Å². The van der Waals surface area contributed by atoms with Crippen LogP contribution in [0.5, 0.6) is 0 Å². The quantitative estimate of drug-likeness (QED) is 0.648. The van der Waals surface area contributed by atoms with Crippen molar-refractivity contribution in [3.8, 4) is 0 Å². The van der Waals surface area contributed by atoms with Crippen LogP contribution in [-0.2, 0) is 23.9 Å². The molecule has 0 radical (unpaired) electrons. The minimum atomic E-state index is -0.347. The Balaban J connectivity index is 1.83. The van der Waals surface area contributed by atoms with Crippen molar-refractivity contribution in [2.45, 2.75) is 128 Å². The van der Waals surface area contributed by atoms with E-state index in [2.05, 4.69) is 60.7 Å². The SMILES string of the molecule is CON1C(C)(C)CC(OC(=O)CCC(=O)OC2CC(C)(C)NC(C)(C)C2)CC1(C)C. The number of esters is 2. The molecule has 2 aliphatic heterocycles. The molecule has 2 rings (SSSR count). The van der Waals surface area contributed by atoms with E-state index in [9.17, 15) is 9.59 Å². The normalized spacial score (nSPS) is 26.2. The number of ether oxygens (including phenoxy) is 2. The Morgan fingerprint density at radius 1 is 0.767 bits per heavy atom. The lowest BCUT2D eigenvalue weighted by molar-refractivity contribution is -0.278. The van der Waals surface area contributed by atoms with E-state index >= 15 is 0 Å². The number of nitrogens with one attached hydrogen (secondary N) is 1. The van der Waals surface area contributed by atoms with Gasteiger partial charge in [-0.25, -0.2) is 0 Å². The maximum absolute atomic E-state index is 12.4. The van der Waals surface area contributed by atoms with Gasteiger partial charge in [0.15, 0.2) is 0 Å². The zero-order chi connectivity index (χ0) is 23.0. The third-order valence-electron chi connectivity index (χ3n) is 6.02. The molecule has 0 amide bonds. The fourth-order valence-corrected chi connectivity index (χ4v) is 5.75. The molecule has 7 heteroatoms. The minimum Gasteiger partial charge on any atom is -0.462 e. The molecule has 1 N–H and O–H groups in total. The van der Waals surface area contributed by atoms with E-state index in [0.29, 0.717) is 12.8 Å². The Morgan fingerprint density at radius 3 is 1.50 bits per heavy atom. The molecule has 0 saturated carbocycles. The van der Waals surface area contributed by atoms with Crippen molar-refractivity contribution in [3.63, 3.8) is 0 Å². The van der Waals surface area contributed by atoms with E-state index in [4.69, 9.17) is 14.3 Å². The molecule has 0 unspecified atom stereocenters. The van der Waals surface area contributed by atoms with Crippen LogP contribution in [-0.4, -0.2) is 58.5 Å². The van der Waals surface area contributed by atoms with Crippen LogP contribution in [0.2, 0.25) is 0 Å². The minimum absolute atomic E-state index is 0.0436. The molecule has 0 atom stereocenters. The molecular formula is C23H42N2O5. The Kier molecular flexibility index (Phi) is 7.32. The van der Waals surface area contributed by atoms with Crippen LogP contribution in [0, 0.1) is 0 Å². The summed E-state index contributed by atoms with van der Waals surface area (Å²) in [6.45, 7) is 16.8. The van der Waals surface area contributed by atoms with Crippen LogP contribution >= 0.6 is 0 Å². The predicted molar refractivity (Wildman–Crippen MR) is 116 cm³/mol. The summed E-state index contributed by atoms with van der Waals surface area (Å²) in [5.74, 6) is -0.680. The summed E-state index contributed by atoms with van der Waals surface area (Å²) in [6, 6.07) is 0. The lowest BCUT2D eigenvalue weighted by atomic mass is 9.80. The van der Waals surface area contributed by atoms with E-state index in [1.807, 2.05) is 5.06 Å². The Labute approximate surface area is 182 Å². The topological polar surface area (TPSA) is 77.1 Å². The molecule has 174 valence electrons. The van der Waals surface area contributed by atoms with Gasteiger partial charge in [-0.15, -0.1) is 0 Å². The molecule has 2 saturated heterocycles. The molecule has 0 spiro atoms. The number of hydrogen-bond donors (Lipinski definition) is 1. The summed E-state index contributed by atoms with van der Waals surface area (Å²) in [7, 11) is 1.67. The second-order valence-corrected chi connectivity index (χ2v) is 11.5. The van der Waals surface area contributed by atoms with Gasteiger partial charge in [-0.2, -0.15) is 5.06 Å². The van der Waals surface area contributed by atoms with Crippen molar-refractivity contribution in [2.24, 2.45) is 0 Å². The molecule has 2 aliphatic rings. The van der Waals surface area contributed by atoms with Gasteiger partial charge in [0, 0.05) is 47.8 Å². The number of carbonyl (C=O) groups is 2. The van der Waals surface area contributed by atoms with Gasteiger partial charge in [0.1, 0.15) is 12.2 Å². The molecule has 7 nitrogen and oxygen atoms in total. The van der Waals surface area contributed by atoms with Gasteiger partial charge in [-0.05, 0) is 55.4 Å². The Hall–Kier alpha value is -1.18. The standard InChI is InChI=1S/C23H42N2O5/c1-20(2)12-16(13-21(3,4)24-20)29-18(26)10-11-19(27)30-17-14-22(5,6)25(28-9)23(7,8)15-17/h16-17,24H,10-15H2,1-9H3. The average Bonchev–Trinajstić information content (AvgIpc) is 2.47. The molecule has 2 heterocycles. The van der Waals surface area contributed by atoms with Gasteiger partial charge in [-0.1, -0.05) is 0 Å². The van der Waals surface area contributed by atoms with Gasteiger partial charge >= 0.3 is 11.9 Å². The first-order valence-corrected chi connectivity index (χ1v) is 11.1. The van der Waals surface area contributed by atoms with Gasteiger partial charge < -0.3 is 19.6 Å². The summed E-state index contributed by atoms with van der Waals surface area (Å²) in [5, 5.41) is 5.55. The van der Waals surface area contributed by atoms with Gasteiger partial charge in [0.25, 0.3) is 0 Å². The maximum Gasteiger partial charge on any atom is 0.306 e. The maximum atomic E-state index is 12.4. The second kappa shape index (κ2) is 8.75. The highest BCUT2D eigenvalue weighted by atomic mass is 16.7. The average molecular weight is 427 g/mol. The van der Waals surface area contributed by atoms with E-state index in [1.165, 1.54) is 0 Å². The van der Waals surface area contributed by atoms with Crippen molar-refractivity contribution in [1.82, 2.24) is 10.4 Å². The third-order valence-corrected chi connectivity index (χ3v) is 6.02. The smallest absolute Gasteiger partial charge is 0.306 e. The second-order valence-electron chi connectivity index (χ2n) is 11.5. The lowest BCUT2D eigenvalue weighted by Crippen LogP contribution is -2.61. The van der Waals surface area contributed by atoms with Crippen LogP contribution < -0.4 is 5.32 Å². The van der Waals surface area contributed by atoms with E-state index in [-0.39, 0.29) is 59.1 Å². The highest BCUT2D eigenvalue weighted by Gasteiger charge is 2.47. The molecule has 0 bridgehead atoms. The van der Waals surface area contributed by atoms with Crippen molar-refractivity contribution >= 4 is 11.9 Å². The summed E-state index contributed by atoms with van der Waals surface area (Å²) in [6.07, 6.45) is 2.63. The lowest BCUT2D eigenvalue weighted by Gasteiger charge is -2.52. The summed E-state index contributed by atoms with van der Waals surface area (Å²) in [5.41, 5.74) is -0.700. The molecule has 0 aliphatic carbocycles. The summed E-state index contributed by atoms with van der Waals surface area (Å²) >= 11 is 0. The summed E-state index contributed by atoms with van der Waals surface area (Å²) < 4.78 is 11.4. The zero-order valence-electron chi connectivity index (χ0n) is 20.4. The monoisotopic (exact) mass is 426 g/mol. The van der Waals surface area contributed by atoms with Gasteiger partial charge in [-0.3, -0.25) is 9.59 Å². The van der Waals surface area contributed by atoms with Crippen molar-refractivity contribution in [2.75, 3.05) is 7.11 Å². The number of carbonyl (C=O) groups excluding carboxylic acids is 2. The Bertz CT molecular complexity index is 608. The van der Waals surface area contributed by atoms with Crippen LogP contribution in [0.4, 0.5) is 0 Å². The van der Waals surface area contributed by atoms with Gasteiger partial charge in [0.2, 0.25) is 0 Å². The highest BCUT2D eigenvalue weighted by Crippen LogP contribution is 2.39. The largest absolute Gasteiger partial charge is 0.462 e. The van der Waals surface area contributed by atoms with E-state index in [1.54, 1.807) is 7.11 Å². The molecular weight excluding hydrogens is 384 g/mol. The number of hydrogen-bond acceptors (Lipinski definition) is 7. The molecule has 0 aromatic carbocycles. The van der Waals surface area contributed by atoms with Crippen molar-refractivity contribution in [3.05, 3.63) is 0 Å². The predicted octanol–water partition coefficient (Wildman–Crippen LogP) is 3.75. The number of nitrogens with zero attached hydrogens (tertiary/aromatic N) is 1. The molecule has 2 fully saturated rings. The molecule has 30 heavy (non-hydrogen) atoms. The molecule has 0 aromatic heterocycles. The first-order chi connectivity index (χ1) is 13.6. The first-order valence-electron chi connectivity index (χ1n) is 11.1. The Morgan fingerprint density at radius 2 is 1.13 bits per heavy atom. The van der Waals surface area contributed by atoms with Crippen LogP contribution in [0.25, 0.3) is 0 Å².